The van der Waals surface area contributed by atoms with Gasteiger partial charge in [0, 0.05) is 24.1 Å². The predicted molar refractivity (Wildman–Crippen MR) is 73.0 cm³/mol. The quantitative estimate of drug-likeness (QED) is 0.465. The molecule has 0 aliphatic heterocycles. The zero-order valence-corrected chi connectivity index (χ0v) is 10.4. The van der Waals surface area contributed by atoms with Gasteiger partial charge in [-0.05, 0) is 25.5 Å². The SMILES string of the molecule is NCCCCNc1ncnc2ccc([N+](=O)[O-])cc12. The van der Waals surface area contributed by atoms with E-state index in [0.29, 0.717) is 23.3 Å². The molecule has 1 aromatic carbocycles. The van der Waals surface area contributed by atoms with Gasteiger partial charge in [0.2, 0.25) is 0 Å². The summed E-state index contributed by atoms with van der Waals surface area (Å²) in [5, 5.41) is 14.6. The van der Waals surface area contributed by atoms with Gasteiger partial charge in [0.15, 0.2) is 0 Å². The first kappa shape index (κ1) is 13.2. The van der Waals surface area contributed by atoms with Gasteiger partial charge in [-0.1, -0.05) is 0 Å². The number of benzene rings is 1. The van der Waals surface area contributed by atoms with Crippen LogP contribution in [0.15, 0.2) is 24.5 Å². The van der Waals surface area contributed by atoms with Gasteiger partial charge in [-0.3, -0.25) is 10.1 Å². The van der Waals surface area contributed by atoms with Crippen molar-refractivity contribution in [2.75, 3.05) is 18.4 Å². The third-order valence-corrected chi connectivity index (χ3v) is 2.75. The molecule has 19 heavy (non-hydrogen) atoms. The molecule has 7 nitrogen and oxygen atoms in total. The van der Waals surface area contributed by atoms with Gasteiger partial charge >= 0.3 is 0 Å². The number of fused-ring (bicyclic) bond motifs is 1. The number of hydrogen-bond donors (Lipinski definition) is 2. The monoisotopic (exact) mass is 261 g/mol. The van der Waals surface area contributed by atoms with Crippen LogP contribution in [0.5, 0.6) is 0 Å². The molecular weight excluding hydrogens is 246 g/mol. The van der Waals surface area contributed by atoms with Crippen LogP contribution in [0.1, 0.15) is 12.8 Å². The second-order valence-electron chi connectivity index (χ2n) is 4.10. The van der Waals surface area contributed by atoms with Crippen LogP contribution in [0.4, 0.5) is 11.5 Å². The van der Waals surface area contributed by atoms with Gasteiger partial charge in [-0.2, -0.15) is 0 Å². The van der Waals surface area contributed by atoms with Crippen LogP contribution in [-0.4, -0.2) is 28.0 Å². The highest BCUT2D eigenvalue weighted by molar-refractivity contribution is 5.90. The highest BCUT2D eigenvalue weighted by atomic mass is 16.6. The van der Waals surface area contributed by atoms with Gasteiger partial charge < -0.3 is 11.1 Å². The van der Waals surface area contributed by atoms with Crippen LogP contribution < -0.4 is 11.1 Å². The second kappa shape index (κ2) is 6.05. The Morgan fingerprint density at radius 2 is 2.16 bits per heavy atom. The number of unbranched alkanes of at least 4 members (excludes halogenated alkanes) is 1. The molecule has 0 atom stereocenters. The number of nitro groups is 1. The zero-order chi connectivity index (χ0) is 13.7. The number of nitro benzene ring substituents is 1. The van der Waals surface area contributed by atoms with Crippen molar-refractivity contribution in [2.45, 2.75) is 12.8 Å². The molecule has 0 aliphatic rings. The van der Waals surface area contributed by atoms with E-state index in [1.54, 1.807) is 6.07 Å². The number of hydrogen-bond acceptors (Lipinski definition) is 6. The van der Waals surface area contributed by atoms with Gasteiger partial charge in [-0.15, -0.1) is 0 Å². The molecule has 0 radical (unpaired) electrons. The molecule has 0 saturated heterocycles. The minimum absolute atomic E-state index is 0.0345. The number of non-ortho nitro benzene ring substituents is 1. The minimum Gasteiger partial charge on any atom is -0.369 e. The topological polar surface area (TPSA) is 107 Å². The first-order chi connectivity index (χ1) is 9.22. The van der Waals surface area contributed by atoms with Gasteiger partial charge in [0.05, 0.1) is 10.4 Å². The number of anilines is 1. The molecule has 2 aromatic rings. The summed E-state index contributed by atoms with van der Waals surface area (Å²) in [5.41, 5.74) is 6.14. The largest absolute Gasteiger partial charge is 0.369 e. The van der Waals surface area contributed by atoms with E-state index in [4.69, 9.17) is 5.73 Å². The summed E-state index contributed by atoms with van der Waals surface area (Å²) >= 11 is 0. The van der Waals surface area contributed by atoms with E-state index in [-0.39, 0.29) is 5.69 Å². The van der Waals surface area contributed by atoms with Crippen LogP contribution in [0.25, 0.3) is 10.9 Å². The molecule has 0 bridgehead atoms. The number of rotatable bonds is 6. The lowest BCUT2D eigenvalue weighted by atomic mass is 10.2. The van der Waals surface area contributed by atoms with Crippen LogP contribution >= 0.6 is 0 Å². The molecule has 1 aromatic heterocycles. The molecular formula is C12H15N5O2. The van der Waals surface area contributed by atoms with Crippen molar-refractivity contribution in [2.24, 2.45) is 5.73 Å². The Morgan fingerprint density at radius 1 is 1.32 bits per heavy atom. The number of aromatic nitrogens is 2. The van der Waals surface area contributed by atoms with Crippen LogP contribution in [0, 0.1) is 10.1 Å². The van der Waals surface area contributed by atoms with E-state index >= 15 is 0 Å². The Hall–Kier alpha value is -2.28. The molecule has 0 aliphatic carbocycles. The molecule has 0 amide bonds. The van der Waals surface area contributed by atoms with Gasteiger partial charge in [-0.25, -0.2) is 9.97 Å². The van der Waals surface area contributed by atoms with E-state index in [2.05, 4.69) is 15.3 Å². The van der Waals surface area contributed by atoms with Gasteiger partial charge in [0.25, 0.3) is 5.69 Å². The minimum atomic E-state index is -0.426. The Kier molecular flexibility index (Phi) is 4.19. The third-order valence-electron chi connectivity index (χ3n) is 2.75. The molecule has 2 rings (SSSR count). The lowest BCUT2D eigenvalue weighted by Gasteiger charge is -2.07. The van der Waals surface area contributed by atoms with Crippen molar-refractivity contribution < 1.29 is 4.92 Å². The highest BCUT2D eigenvalue weighted by Gasteiger charge is 2.10. The lowest BCUT2D eigenvalue weighted by molar-refractivity contribution is -0.384. The van der Waals surface area contributed by atoms with E-state index < -0.39 is 4.92 Å². The first-order valence-corrected chi connectivity index (χ1v) is 6.05. The lowest BCUT2D eigenvalue weighted by Crippen LogP contribution is -2.07. The van der Waals surface area contributed by atoms with Crippen molar-refractivity contribution in [1.29, 1.82) is 0 Å². The first-order valence-electron chi connectivity index (χ1n) is 6.05. The Labute approximate surface area is 110 Å². The average Bonchev–Trinajstić information content (AvgIpc) is 2.43. The van der Waals surface area contributed by atoms with Crippen LogP contribution in [0.2, 0.25) is 0 Å². The van der Waals surface area contributed by atoms with Crippen molar-refractivity contribution in [3.05, 3.63) is 34.6 Å². The van der Waals surface area contributed by atoms with Crippen LogP contribution in [-0.2, 0) is 0 Å². The van der Waals surface area contributed by atoms with Crippen molar-refractivity contribution in [1.82, 2.24) is 9.97 Å². The maximum Gasteiger partial charge on any atom is 0.270 e. The number of nitrogens with zero attached hydrogens (tertiary/aromatic N) is 3. The fourth-order valence-electron chi connectivity index (χ4n) is 1.78. The maximum atomic E-state index is 10.8. The molecule has 0 spiro atoms. The van der Waals surface area contributed by atoms with E-state index in [1.165, 1.54) is 18.5 Å². The summed E-state index contributed by atoms with van der Waals surface area (Å²) in [5.74, 6) is 0.616. The van der Waals surface area contributed by atoms with E-state index in [1.807, 2.05) is 0 Å². The number of nitrogens with two attached hydrogens (primary N) is 1. The Morgan fingerprint density at radius 3 is 2.89 bits per heavy atom. The molecule has 0 unspecified atom stereocenters. The van der Waals surface area contributed by atoms with E-state index in [0.717, 1.165) is 19.4 Å². The Balaban J connectivity index is 2.26. The van der Waals surface area contributed by atoms with Crippen molar-refractivity contribution in [3.63, 3.8) is 0 Å². The summed E-state index contributed by atoms with van der Waals surface area (Å²) in [6.45, 7) is 1.38. The van der Waals surface area contributed by atoms with Crippen molar-refractivity contribution >= 4 is 22.4 Å². The normalized spacial score (nSPS) is 10.6. The molecule has 0 fully saturated rings. The molecule has 3 N–H and O–H groups in total. The highest BCUT2D eigenvalue weighted by Crippen LogP contribution is 2.24. The van der Waals surface area contributed by atoms with Gasteiger partial charge in [0.1, 0.15) is 12.1 Å². The number of nitrogens with one attached hydrogen (secondary N) is 1. The maximum absolute atomic E-state index is 10.8. The van der Waals surface area contributed by atoms with Crippen LogP contribution in [0.3, 0.4) is 0 Å². The second-order valence-corrected chi connectivity index (χ2v) is 4.10. The summed E-state index contributed by atoms with van der Waals surface area (Å²) in [7, 11) is 0. The van der Waals surface area contributed by atoms with Crippen molar-refractivity contribution in [3.8, 4) is 0 Å². The smallest absolute Gasteiger partial charge is 0.270 e. The third kappa shape index (κ3) is 3.14. The predicted octanol–water partition coefficient (Wildman–Crippen LogP) is 1.69. The fraction of sp³-hybridized carbons (Fsp3) is 0.333. The standard InChI is InChI=1S/C12H15N5O2/c13-5-1-2-6-14-12-10-7-9(17(18)19)3-4-11(10)15-8-16-12/h3-4,7-8H,1-2,5-6,13H2,(H,14,15,16). The summed E-state index contributed by atoms with van der Waals surface area (Å²) < 4.78 is 0. The molecule has 1 heterocycles. The fourth-order valence-corrected chi connectivity index (χ4v) is 1.78. The average molecular weight is 261 g/mol. The Bertz CT molecular complexity index is 587. The molecule has 7 heteroatoms. The van der Waals surface area contributed by atoms with E-state index in [9.17, 15) is 10.1 Å². The molecule has 100 valence electrons. The molecule has 0 saturated carbocycles. The summed E-state index contributed by atoms with van der Waals surface area (Å²) in [4.78, 5) is 18.6. The summed E-state index contributed by atoms with van der Waals surface area (Å²) in [6.07, 6.45) is 3.30. The zero-order valence-electron chi connectivity index (χ0n) is 10.4. The summed E-state index contributed by atoms with van der Waals surface area (Å²) in [6, 6.07) is 4.55.